The molecule has 19 heteroatoms. The van der Waals surface area contributed by atoms with Crippen LogP contribution in [-0.4, -0.2) is 125 Å². The van der Waals surface area contributed by atoms with Crippen LogP contribution in [0.15, 0.2) is 11.0 Å². The smallest absolute Gasteiger partial charge is 0.351 e. The quantitative estimate of drug-likeness (QED) is 0.0214. The summed E-state index contributed by atoms with van der Waals surface area (Å²) in [6.45, 7) is 17.3. The molecule has 3 amide bonds. The highest BCUT2D eigenvalue weighted by Gasteiger charge is 2.43. The average Bonchev–Trinajstić information content (AvgIpc) is 4.00. The number of nitriles is 1. The molecule has 0 aliphatic carbocycles. The van der Waals surface area contributed by atoms with E-state index in [1.165, 1.54) is 25.7 Å². The second-order valence-electron chi connectivity index (χ2n) is 19.2. The van der Waals surface area contributed by atoms with Gasteiger partial charge in [-0.1, -0.05) is 45.4 Å². The number of rotatable bonds is 38. The third-order valence-electron chi connectivity index (χ3n) is 12.8. The zero-order valence-corrected chi connectivity index (χ0v) is 44.0. The molecule has 4 heterocycles. The first-order valence-corrected chi connectivity index (χ1v) is 28.2. The summed E-state index contributed by atoms with van der Waals surface area (Å²) in [5, 5.41) is 28.9. The van der Waals surface area contributed by atoms with Crippen LogP contribution >= 0.6 is 20.3 Å². The third kappa shape index (κ3) is 20.8. The molecule has 1 aromatic rings. The number of aromatic nitrogens is 2. The minimum Gasteiger partial charge on any atom is -0.370 e. The van der Waals surface area contributed by atoms with E-state index in [1.54, 1.807) is 4.57 Å². The van der Waals surface area contributed by atoms with Crippen molar-refractivity contribution in [3.63, 3.8) is 0 Å². The average molecular weight is 991 g/mol. The van der Waals surface area contributed by atoms with E-state index < -0.39 is 14.8 Å². The Morgan fingerprint density at radius 1 is 0.926 bits per heavy atom. The van der Waals surface area contributed by atoms with Crippen LogP contribution in [0.25, 0.3) is 0 Å². The van der Waals surface area contributed by atoms with Crippen LogP contribution in [0.5, 0.6) is 0 Å². The maximum absolute atomic E-state index is 13.3. The fourth-order valence-electron chi connectivity index (χ4n) is 9.15. The van der Waals surface area contributed by atoms with E-state index in [0.717, 1.165) is 102 Å². The maximum atomic E-state index is 13.3. The molecule has 3 aliphatic heterocycles. The fourth-order valence-corrected chi connectivity index (χ4v) is 12.5. The third-order valence-corrected chi connectivity index (χ3v) is 16.5. The van der Waals surface area contributed by atoms with Gasteiger partial charge in [-0.2, -0.15) is 22.0 Å². The molecule has 68 heavy (non-hydrogen) atoms. The largest absolute Gasteiger partial charge is 0.370 e. The molecule has 4 rings (SSSR count). The van der Waals surface area contributed by atoms with Crippen molar-refractivity contribution in [1.82, 2.24) is 40.8 Å². The predicted molar refractivity (Wildman–Crippen MR) is 274 cm³/mol. The lowest BCUT2D eigenvalue weighted by molar-refractivity contribution is -0.121. The fraction of sp³-hybridized carbons (Fsp3) is 0.837. The summed E-state index contributed by atoms with van der Waals surface area (Å²) in [5.41, 5.74) is 0.502. The lowest BCUT2D eigenvalue weighted by Crippen LogP contribution is -2.36. The van der Waals surface area contributed by atoms with Crippen molar-refractivity contribution in [2.24, 2.45) is 0 Å². The Labute approximate surface area is 413 Å². The van der Waals surface area contributed by atoms with Crippen molar-refractivity contribution in [3.8, 4) is 6.07 Å². The molecule has 6 N–H and O–H groups in total. The minimum atomic E-state index is -1.44. The Hall–Kier alpha value is -2.88. The molecular weight excluding hydrogens is 904 g/mol. The van der Waals surface area contributed by atoms with Crippen molar-refractivity contribution < 1.29 is 28.2 Å². The van der Waals surface area contributed by atoms with Crippen molar-refractivity contribution >= 4 is 43.8 Å². The maximum Gasteiger partial charge on any atom is 0.351 e. The molecular formula is C49H87N10O7PS. The van der Waals surface area contributed by atoms with E-state index in [1.807, 2.05) is 31.8 Å². The number of unbranched alkanes of at least 4 members (excludes halogenated alkanes) is 9. The molecule has 0 bridgehead atoms. The number of nitrogens with one attached hydrogen (secondary N) is 6. The van der Waals surface area contributed by atoms with E-state index in [-0.39, 0.29) is 54.1 Å². The molecule has 0 radical (unpaired) electrons. The molecule has 3 fully saturated rings. The van der Waals surface area contributed by atoms with Crippen LogP contribution in [-0.2, 0) is 23.4 Å². The molecule has 386 valence electrons. The molecule has 17 nitrogen and oxygen atoms in total. The monoisotopic (exact) mass is 991 g/mol. The summed E-state index contributed by atoms with van der Waals surface area (Å²) in [5.74, 6) is 1.97. The Morgan fingerprint density at radius 3 is 2.29 bits per heavy atom. The molecule has 0 saturated carbocycles. The normalized spacial score (nSPS) is 21.6. The summed E-state index contributed by atoms with van der Waals surface area (Å²) in [6, 6.07) is 3.12. The lowest BCUT2D eigenvalue weighted by Gasteiger charge is -2.37. The van der Waals surface area contributed by atoms with E-state index in [2.05, 4.69) is 75.3 Å². The second-order valence-corrected chi connectivity index (χ2v) is 21.9. The number of anilines is 1. The SMILES string of the molecule is CCC1OC(n2cc(C)c(NCCCCCCNCC(=O)CCCCCNC(=O)CCCCCNCCCCCC3SCC4NC(=O)NC43)nc2=O)CC1OP(OCCC#N)N(C(C)C)C(C)C. The highest BCUT2D eigenvalue weighted by atomic mass is 32.2. The number of urea groups is 1. The number of carbonyl (C=O) groups excluding carboxylic acids is 3. The van der Waals surface area contributed by atoms with Crippen LogP contribution < -0.4 is 37.6 Å². The number of Topliss-reactive ketones (excluding diaryl/α,β-unsaturated/α-hetero) is 1. The highest BCUT2D eigenvalue weighted by molar-refractivity contribution is 8.00. The summed E-state index contributed by atoms with van der Waals surface area (Å²) in [7, 11) is -1.44. The molecule has 1 aromatic heterocycles. The van der Waals surface area contributed by atoms with Gasteiger partial charge < -0.3 is 45.7 Å². The van der Waals surface area contributed by atoms with Crippen molar-refractivity contribution in [2.45, 2.75) is 211 Å². The predicted octanol–water partition coefficient (Wildman–Crippen LogP) is 7.59. The molecule has 7 unspecified atom stereocenters. The van der Waals surface area contributed by atoms with Gasteiger partial charge in [0.2, 0.25) is 5.91 Å². The van der Waals surface area contributed by atoms with E-state index in [0.29, 0.717) is 68.7 Å². The topological polar surface area (TPSA) is 213 Å². The van der Waals surface area contributed by atoms with Crippen LogP contribution in [0.1, 0.15) is 168 Å². The van der Waals surface area contributed by atoms with Crippen LogP contribution in [0.3, 0.4) is 0 Å². The number of hydrogen-bond acceptors (Lipinski definition) is 14. The van der Waals surface area contributed by atoms with Crippen molar-refractivity contribution in [3.05, 3.63) is 22.2 Å². The van der Waals surface area contributed by atoms with Crippen LogP contribution in [0.4, 0.5) is 10.6 Å². The van der Waals surface area contributed by atoms with Crippen LogP contribution in [0.2, 0.25) is 0 Å². The Morgan fingerprint density at radius 2 is 1.59 bits per heavy atom. The van der Waals surface area contributed by atoms with Crippen molar-refractivity contribution in [2.75, 3.05) is 56.9 Å². The van der Waals surface area contributed by atoms with Gasteiger partial charge in [-0.05, 0) is 112 Å². The van der Waals surface area contributed by atoms with Gasteiger partial charge >= 0.3 is 11.7 Å². The zero-order chi connectivity index (χ0) is 49.1. The Bertz CT molecular complexity index is 1730. The number of aryl methyl sites for hydroxylation is 1. The van der Waals surface area contributed by atoms with Gasteiger partial charge in [0, 0.05) is 67.2 Å². The first-order valence-electron chi connectivity index (χ1n) is 26.0. The number of carbonyl (C=O) groups is 3. The molecule has 0 spiro atoms. The van der Waals surface area contributed by atoms with Gasteiger partial charge in [0.1, 0.15) is 17.8 Å². The lowest BCUT2D eigenvalue weighted by atomic mass is 10.0. The van der Waals surface area contributed by atoms with Crippen LogP contribution in [0, 0.1) is 18.3 Å². The number of thioether (sulfide) groups is 1. The molecule has 3 saturated heterocycles. The van der Waals surface area contributed by atoms with Gasteiger partial charge in [0.25, 0.3) is 8.53 Å². The first-order chi connectivity index (χ1) is 32.9. The van der Waals surface area contributed by atoms with Gasteiger partial charge in [-0.25, -0.2) is 14.3 Å². The highest BCUT2D eigenvalue weighted by Crippen LogP contribution is 2.50. The summed E-state index contributed by atoms with van der Waals surface area (Å²) >= 11 is 1.99. The van der Waals surface area contributed by atoms with E-state index >= 15 is 0 Å². The minimum absolute atomic E-state index is 0.00890. The summed E-state index contributed by atoms with van der Waals surface area (Å²) in [6.07, 6.45) is 18.0. The summed E-state index contributed by atoms with van der Waals surface area (Å²) < 4.78 is 22.9. The van der Waals surface area contributed by atoms with E-state index in [9.17, 15) is 19.2 Å². The number of nitrogens with zero attached hydrogens (tertiary/aromatic N) is 4. The van der Waals surface area contributed by atoms with Gasteiger partial charge in [0.05, 0.1) is 49.9 Å². The standard InChI is InChI=1S/C49H87N10O7PS/c1-7-41-42(66-67(64-31-21-25-50)59(36(2)3)37(4)5)32-45(65-41)58-34-38(6)47(57-49(58)63)54-30-19-9-8-16-28-52-33-39(60)22-13-10-20-29-53-44(61)24-15-12-18-27-51-26-17-11-14-23-43-46-40(35-68-43)55-48(62)56-46/h34,36-37,40-43,45-46,51-52H,7-24,26-33,35H2,1-6H3,(H,53,61)(H,54,57,63)(H2,55,56,62). The van der Waals surface area contributed by atoms with Gasteiger partial charge in [0.15, 0.2) is 0 Å². The first kappa shape index (κ1) is 57.7. The molecule has 7 atom stereocenters. The van der Waals surface area contributed by atoms with E-state index in [4.69, 9.17) is 19.0 Å². The number of amides is 3. The number of hydrogen-bond donors (Lipinski definition) is 6. The number of ketones is 1. The Balaban J connectivity index is 0.940. The van der Waals surface area contributed by atoms with Gasteiger partial charge in [-0.3, -0.25) is 14.2 Å². The zero-order valence-electron chi connectivity index (χ0n) is 42.3. The second kappa shape index (κ2) is 32.9. The molecule has 3 aliphatic rings. The Kier molecular flexibility index (Phi) is 27.9. The summed E-state index contributed by atoms with van der Waals surface area (Å²) in [4.78, 5) is 53.8. The number of fused-ring (bicyclic) bond motifs is 1. The molecule has 0 aromatic carbocycles. The van der Waals surface area contributed by atoms with Gasteiger partial charge in [-0.15, -0.1) is 0 Å². The number of ether oxygens (including phenoxy) is 1. The van der Waals surface area contributed by atoms with Crippen molar-refractivity contribution in [1.29, 1.82) is 5.26 Å².